The van der Waals surface area contributed by atoms with E-state index in [1.165, 1.54) is 7.11 Å². The zero-order valence-corrected chi connectivity index (χ0v) is 13.5. The average Bonchev–Trinajstić information content (AvgIpc) is 3.12. The summed E-state index contributed by atoms with van der Waals surface area (Å²) in [5.74, 6) is 1.80. The lowest BCUT2D eigenvalue weighted by Gasteiger charge is -2.18. The minimum Gasteiger partial charge on any atom is -0.493 e. The summed E-state index contributed by atoms with van der Waals surface area (Å²) in [5.41, 5.74) is 3.75. The molecule has 0 aromatic heterocycles. The maximum Gasteiger partial charge on any atom is 0.231 e. The molecule has 4 nitrogen and oxygen atoms in total. The molecule has 2 aliphatic rings. The second-order valence-electron chi connectivity index (χ2n) is 6.04. The summed E-state index contributed by atoms with van der Waals surface area (Å²) in [5, 5.41) is 2.00. The van der Waals surface area contributed by atoms with Gasteiger partial charge in [0, 0.05) is 10.9 Å². The molecule has 0 bridgehead atoms. The number of rotatable bonds is 2. The normalized spacial score (nSPS) is 14.6. The van der Waals surface area contributed by atoms with Crippen LogP contribution in [0.2, 0.25) is 0 Å². The summed E-state index contributed by atoms with van der Waals surface area (Å²) in [6.45, 7) is 0.252. The topological polar surface area (TPSA) is 44.8 Å². The van der Waals surface area contributed by atoms with Crippen LogP contribution in [0.25, 0.3) is 28.0 Å². The van der Waals surface area contributed by atoms with Crippen LogP contribution in [0.4, 0.5) is 0 Å². The number of methoxy groups -OCH3 is 1. The quantitative estimate of drug-likeness (QED) is 0.698. The fraction of sp³-hybridized carbons (Fsp3) is 0.0952. The molecule has 0 fully saturated rings. The highest BCUT2D eigenvalue weighted by molar-refractivity contribution is 6.23. The predicted octanol–water partition coefficient (Wildman–Crippen LogP) is 4.42. The van der Waals surface area contributed by atoms with Crippen LogP contribution < -0.4 is 9.47 Å². The van der Waals surface area contributed by atoms with Crippen LogP contribution in [-0.4, -0.2) is 19.7 Å². The van der Waals surface area contributed by atoms with Gasteiger partial charge >= 0.3 is 0 Å². The minimum absolute atomic E-state index is 0.0802. The van der Waals surface area contributed by atoms with Gasteiger partial charge in [0.05, 0.1) is 7.11 Å². The molecule has 1 aliphatic heterocycles. The number of fused-ring (bicyclic) bond motifs is 1. The van der Waals surface area contributed by atoms with Gasteiger partial charge in [-0.3, -0.25) is 4.79 Å². The van der Waals surface area contributed by atoms with Crippen LogP contribution in [0.3, 0.4) is 0 Å². The van der Waals surface area contributed by atoms with Gasteiger partial charge in [0.2, 0.25) is 12.6 Å². The lowest BCUT2D eigenvalue weighted by Crippen LogP contribution is -2.10. The molecule has 0 saturated heterocycles. The van der Waals surface area contributed by atoms with Gasteiger partial charge in [0.15, 0.2) is 17.3 Å². The van der Waals surface area contributed by atoms with Crippen molar-refractivity contribution in [3.05, 3.63) is 65.4 Å². The van der Waals surface area contributed by atoms with E-state index >= 15 is 0 Å². The summed E-state index contributed by atoms with van der Waals surface area (Å²) < 4.78 is 16.1. The summed E-state index contributed by atoms with van der Waals surface area (Å²) in [7, 11) is 1.52. The highest BCUT2D eigenvalue weighted by Gasteiger charge is 2.24. The molecule has 122 valence electrons. The number of carbonyl (C=O) groups is 1. The lowest BCUT2D eigenvalue weighted by molar-refractivity contribution is 0.0957. The second kappa shape index (κ2) is 5.11. The van der Waals surface area contributed by atoms with Crippen molar-refractivity contribution in [2.75, 3.05) is 13.9 Å². The third-order valence-corrected chi connectivity index (χ3v) is 4.73. The van der Waals surface area contributed by atoms with E-state index in [1.807, 2.05) is 42.5 Å². The Balaban J connectivity index is 1.78. The molecule has 5 rings (SSSR count). The molecule has 0 amide bonds. The van der Waals surface area contributed by atoms with Crippen molar-refractivity contribution in [1.29, 1.82) is 0 Å². The molecule has 4 heteroatoms. The van der Waals surface area contributed by atoms with Crippen molar-refractivity contribution in [3.63, 3.8) is 0 Å². The maximum absolute atomic E-state index is 12.6. The number of Topliss-reactive ketones (excluding diaryl/α,β-unsaturated/α-hetero) is 1. The Morgan fingerprint density at radius 1 is 0.960 bits per heavy atom. The van der Waals surface area contributed by atoms with Gasteiger partial charge < -0.3 is 14.2 Å². The number of hydrogen-bond donors (Lipinski definition) is 0. The number of ether oxygens (including phenoxy) is 3. The average molecular weight is 330 g/mol. The molecule has 0 unspecified atom stereocenters. The SMILES string of the molecule is COC1=Cc2ccc(-c3ccc4c(c3)OCO4)c3cccc(c23)C1=O. The molecular formula is C21H14O4. The number of benzene rings is 3. The molecular weight excluding hydrogens is 316 g/mol. The molecule has 0 N–H and O–H groups in total. The standard InChI is InChI=1S/C21H14O4/c1-23-19-10-13-5-7-14(12-6-8-17-18(9-12)25-11-24-17)15-3-2-4-16(20(13)15)21(19)22/h2-10H,11H2,1H3. The molecule has 3 aromatic rings. The number of allylic oxidation sites excluding steroid dienone is 1. The zero-order valence-electron chi connectivity index (χ0n) is 13.5. The van der Waals surface area contributed by atoms with Gasteiger partial charge in [-0.25, -0.2) is 0 Å². The summed E-state index contributed by atoms with van der Waals surface area (Å²) in [4.78, 5) is 12.6. The highest BCUT2D eigenvalue weighted by Crippen LogP contribution is 2.40. The molecule has 0 radical (unpaired) electrons. The van der Waals surface area contributed by atoms with E-state index in [1.54, 1.807) is 6.08 Å². The van der Waals surface area contributed by atoms with E-state index in [0.29, 0.717) is 11.3 Å². The fourth-order valence-electron chi connectivity index (χ4n) is 3.55. The molecule has 3 aromatic carbocycles. The largest absolute Gasteiger partial charge is 0.493 e. The predicted molar refractivity (Wildman–Crippen MR) is 94.8 cm³/mol. The number of ketones is 1. The Hall–Kier alpha value is -3.27. The van der Waals surface area contributed by atoms with E-state index in [4.69, 9.17) is 14.2 Å². The third-order valence-electron chi connectivity index (χ3n) is 4.73. The zero-order chi connectivity index (χ0) is 17.0. The summed E-state index contributed by atoms with van der Waals surface area (Å²) in [6, 6.07) is 15.8. The van der Waals surface area contributed by atoms with Crippen LogP contribution in [0, 0.1) is 0 Å². The van der Waals surface area contributed by atoms with Gasteiger partial charge in [0.25, 0.3) is 0 Å². The number of hydrogen-bond acceptors (Lipinski definition) is 4. The number of carbonyl (C=O) groups excluding carboxylic acids is 1. The highest BCUT2D eigenvalue weighted by atomic mass is 16.7. The van der Waals surface area contributed by atoms with Gasteiger partial charge in [0.1, 0.15) is 0 Å². The van der Waals surface area contributed by atoms with Crippen LogP contribution >= 0.6 is 0 Å². The van der Waals surface area contributed by atoms with Crippen molar-refractivity contribution in [2.45, 2.75) is 0 Å². The van der Waals surface area contributed by atoms with Gasteiger partial charge in [-0.2, -0.15) is 0 Å². The molecule has 1 heterocycles. The first-order valence-electron chi connectivity index (χ1n) is 8.02. The third kappa shape index (κ3) is 1.97. The van der Waals surface area contributed by atoms with Crippen molar-refractivity contribution in [1.82, 2.24) is 0 Å². The van der Waals surface area contributed by atoms with Crippen molar-refractivity contribution in [2.24, 2.45) is 0 Å². The molecule has 0 saturated carbocycles. The molecule has 25 heavy (non-hydrogen) atoms. The Bertz CT molecular complexity index is 1080. The van der Waals surface area contributed by atoms with Gasteiger partial charge in [-0.15, -0.1) is 0 Å². The van der Waals surface area contributed by atoms with Gasteiger partial charge in [-0.1, -0.05) is 36.4 Å². The Kier molecular flexibility index (Phi) is 2.88. The second-order valence-corrected chi connectivity index (χ2v) is 6.04. The van der Waals surface area contributed by atoms with E-state index in [-0.39, 0.29) is 12.6 Å². The molecule has 0 atom stereocenters. The van der Waals surface area contributed by atoms with E-state index in [9.17, 15) is 4.79 Å². The fourth-order valence-corrected chi connectivity index (χ4v) is 3.55. The first-order chi connectivity index (χ1) is 12.3. The first-order valence-corrected chi connectivity index (χ1v) is 8.02. The molecule has 1 aliphatic carbocycles. The Morgan fingerprint density at radius 3 is 2.72 bits per heavy atom. The Morgan fingerprint density at radius 2 is 1.84 bits per heavy atom. The Labute approximate surface area is 144 Å². The van der Waals surface area contributed by atoms with Crippen LogP contribution in [0.5, 0.6) is 11.5 Å². The van der Waals surface area contributed by atoms with Crippen molar-refractivity contribution < 1.29 is 19.0 Å². The summed E-state index contributed by atoms with van der Waals surface area (Å²) >= 11 is 0. The van der Waals surface area contributed by atoms with Gasteiger partial charge in [-0.05, 0) is 40.3 Å². The minimum atomic E-state index is -0.0802. The van der Waals surface area contributed by atoms with E-state index < -0.39 is 0 Å². The van der Waals surface area contributed by atoms with Crippen LogP contribution in [-0.2, 0) is 4.74 Å². The molecule has 0 spiro atoms. The van der Waals surface area contributed by atoms with Crippen LogP contribution in [0.15, 0.2) is 54.3 Å². The maximum atomic E-state index is 12.6. The van der Waals surface area contributed by atoms with E-state index in [2.05, 4.69) is 6.07 Å². The van der Waals surface area contributed by atoms with Crippen molar-refractivity contribution in [3.8, 4) is 22.6 Å². The van der Waals surface area contributed by atoms with Crippen LogP contribution in [0.1, 0.15) is 15.9 Å². The monoisotopic (exact) mass is 330 g/mol. The lowest BCUT2D eigenvalue weighted by atomic mass is 9.87. The smallest absolute Gasteiger partial charge is 0.231 e. The van der Waals surface area contributed by atoms with Crippen molar-refractivity contribution >= 4 is 22.6 Å². The first kappa shape index (κ1) is 14.1. The van der Waals surface area contributed by atoms with E-state index in [0.717, 1.165) is 39.0 Å². The summed E-state index contributed by atoms with van der Waals surface area (Å²) in [6.07, 6.45) is 1.81.